The van der Waals surface area contributed by atoms with E-state index < -0.39 is 0 Å². The molecule has 0 N–H and O–H groups in total. The van der Waals surface area contributed by atoms with Gasteiger partial charge < -0.3 is 9.80 Å². The smallest absolute Gasteiger partial charge is 0.254 e. The summed E-state index contributed by atoms with van der Waals surface area (Å²) in [5.41, 5.74) is 0.679. The molecule has 0 aliphatic carbocycles. The molecule has 2 aromatic rings. The van der Waals surface area contributed by atoms with Crippen LogP contribution in [0, 0.1) is 0 Å². The van der Waals surface area contributed by atoms with Crippen molar-refractivity contribution in [3.63, 3.8) is 0 Å². The molecular weight excluding hydrogens is 334 g/mol. The van der Waals surface area contributed by atoms with Crippen LogP contribution >= 0.6 is 15.9 Å². The Kier molecular flexibility index (Phi) is 4.10. The molecule has 0 bridgehead atoms. The van der Waals surface area contributed by atoms with Gasteiger partial charge in [0.15, 0.2) is 0 Å². The van der Waals surface area contributed by atoms with Crippen LogP contribution in [-0.4, -0.2) is 51.9 Å². The van der Waals surface area contributed by atoms with E-state index in [2.05, 4.69) is 35.8 Å². The number of halogens is 1. The molecule has 6 nitrogen and oxygen atoms in total. The van der Waals surface area contributed by atoms with Crippen molar-refractivity contribution in [1.29, 1.82) is 0 Å². The van der Waals surface area contributed by atoms with Crippen molar-refractivity contribution in [3.8, 4) is 0 Å². The maximum atomic E-state index is 12.3. The fraction of sp³-hybridized carbons (Fsp3) is 0.286. The summed E-state index contributed by atoms with van der Waals surface area (Å²) in [5.74, 6) is 0.753. The number of anilines is 1. The van der Waals surface area contributed by atoms with Crippen molar-refractivity contribution in [2.24, 2.45) is 0 Å². The molecule has 1 aliphatic rings. The van der Waals surface area contributed by atoms with Gasteiger partial charge in [-0.15, -0.1) is 0 Å². The molecular formula is C14H14BrN5O. The number of hydrogen-bond donors (Lipinski definition) is 0. The molecule has 0 aromatic carbocycles. The number of hydrogen-bond acceptors (Lipinski definition) is 5. The average molecular weight is 348 g/mol. The van der Waals surface area contributed by atoms with E-state index in [1.165, 1.54) is 0 Å². The third-order valence-corrected chi connectivity index (χ3v) is 3.79. The van der Waals surface area contributed by atoms with Crippen LogP contribution in [0.1, 0.15) is 10.4 Å². The molecule has 0 spiro atoms. The van der Waals surface area contributed by atoms with Gasteiger partial charge >= 0.3 is 0 Å². The molecule has 21 heavy (non-hydrogen) atoms. The maximum absolute atomic E-state index is 12.3. The molecule has 1 fully saturated rings. The Morgan fingerprint density at radius 1 is 1.05 bits per heavy atom. The average Bonchev–Trinajstić information content (AvgIpc) is 2.56. The third kappa shape index (κ3) is 3.18. The molecule has 2 aromatic heterocycles. The molecule has 0 atom stereocenters. The van der Waals surface area contributed by atoms with Gasteiger partial charge in [0.25, 0.3) is 5.91 Å². The number of carbonyl (C=O) groups is 1. The van der Waals surface area contributed by atoms with Crippen molar-refractivity contribution in [2.75, 3.05) is 31.1 Å². The van der Waals surface area contributed by atoms with E-state index in [1.54, 1.807) is 36.9 Å². The topological polar surface area (TPSA) is 62.2 Å². The SMILES string of the molecule is O=C(c1ccncc1)N1CCN(c2ncc(Br)cn2)CC1. The summed E-state index contributed by atoms with van der Waals surface area (Å²) < 4.78 is 0.859. The van der Waals surface area contributed by atoms with Gasteiger partial charge in [0.1, 0.15) is 0 Å². The monoisotopic (exact) mass is 347 g/mol. The Hall–Kier alpha value is -2.02. The lowest BCUT2D eigenvalue weighted by atomic mass is 10.2. The van der Waals surface area contributed by atoms with Crippen LogP contribution in [0.4, 0.5) is 5.95 Å². The normalized spacial score (nSPS) is 15.1. The molecule has 0 saturated carbocycles. The van der Waals surface area contributed by atoms with Crippen molar-refractivity contribution >= 4 is 27.8 Å². The molecule has 108 valence electrons. The second-order valence-electron chi connectivity index (χ2n) is 4.72. The lowest BCUT2D eigenvalue weighted by Crippen LogP contribution is -2.49. The zero-order chi connectivity index (χ0) is 14.7. The van der Waals surface area contributed by atoms with Crippen LogP contribution in [0.15, 0.2) is 41.4 Å². The molecule has 0 unspecified atom stereocenters. The Morgan fingerprint density at radius 2 is 1.67 bits per heavy atom. The first kappa shape index (κ1) is 13.9. The summed E-state index contributed by atoms with van der Waals surface area (Å²) in [6, 6.07) is 3.49. The minimum absolute atomic E-state index is 0.0498. The zero-order valence-electron chi connectivity index (χ0n) is 11.3. The van der Waals surface area contributed by atoms with Crippen LogP contribution in [0.25, 0.3) is 0 Å². The first-order chi connectivity index (χ1) is 10.2. The molecule has 3 heterocycles. The standard InChI is InChI=1S/C14H14BrN5O/c15-12-9-17-14(18-10-12)20-7-5-19(6-8-20)13(21)11-1-3-16-4-2-11/h1-4,9-10H,5-8H2. The third-order valence-electron chi connectivity index (χ3n) is 3.38. The van der Waals surface area contributed by atoms with Crippen molar-refractivity contribution < 1.29 is 4.79 Å². The summed E-state index contributed by atoms with van der Waals surface area (Å²) in [6.07, 6.45) is 6.74. The Bertz CT molecular complexity index is 611. The van der Waals surface area contributed by atoms with E-state index in [-0.39, 0.29) is 5.91 Å². The highest BCUT2D eigenvalue weighted by molar-refractivity contribution is 9.10. The van der Waals surface area contributed by atoms with Crippen LogP contribution < -0.4 is 4.90 Å². The van der Waals surface area contributed by atoms with Gasteiger partial charge in [-0.05, 0) is 28.1 Å². The van der Waals surface area contributed by atoms with E-state index in [1.807, 2.05) is 4.90 Å². The highest BCUT2D eigenvalue weighted by Crippen LogP contribution is 2.14. The molecule has 1 saturated heterocycles. The summed E-state index contributed by atoms with van der Waals surface area (Å²) in [7, 11) is 0. The Morgan fingerprint density at radius 3 is 2.29 bits per heavy atom. The Labute approximate surface area is 131 Å². The van der Waals surface area contributed by atoms with Gasteiger partial charge in [-0.2, -0.15) is 0 Å². The minimum Gasteiger partial charge on any atom is -0.337 e. The van der Waals surface area contributed by atoms with Crippen LogP contribution in [-0.2, 0) is 0 Å². The van der Waals surface area contributed by atoms with Gasteiger partial charge in [-0.25, -0.2) is 9.97 Å². The van der Waals surface area contributed by atoms with Gasteiger partial charge in [0.05, 0.1) is 4.47 Å². The van der Waals surface area contributed by atoms with Gasteiger partial charge in [0, 0.05) is 56.5 Å². The van der Waals surface area contributed by atoms with E-state index in [0.29, 0.717) is 24.6 Å². The maximum Gasteiger partial charge on any atom is 0.254 e. The van der Waals surface area contributed by atoms with Crippen molar-refractivity contribution in [2.45, 2.75) is 0 Å². The van der Waals surface area contributed by atoms with E-state index in [4.69, 9.17) is 0 Å². The number of aromatic nitrogens is 3. The number of amides is 1. The number of pyridine rings is 1. The van der Waals surface area contributed by atoms with Crippen LogP contribution in [0.3, 0.4) is 0 Å². The fourth-order valence-corrected chi connectivity index (χ4v) is 2.46. The Balaban J connectivity index is 1.63. The molecule has 1 aliphatic heterocycles. The predicted octanol–water partition coefficient (Wildman–Crippen LogP) is 1.60. The van der Waals surface area contributed by atoms with Gasteiger partial charge in [-0.3, -0.25) is 9.78 Å². The lowest BCUT2D eigenvalue weighted by molar-refractivity contribution is 0.0746. The van der Waals surface area contributed by atoms with Crippen molar-refractivity contribution in [3.05, 3.63) is 47.0 Å². The predicted molar refractivity (Wildman–Crippen MR) is 82.1 cm³/mol. The second kappa shape index (κ2) is 6.17. The quantitative estimate of drug-likeness (QED) is 0.825. The summed E-state index contributed by atoms with van der Waals surface area (Å²) in [4.78, 5) is 28.8. The molecule has 0 radical (unpaired) electrons. The largest absolute Gasteiger partial charge is 0.337 e. The van der Waals surface area contributed by atoms with Crippen LogP contribution in [0.5, 0.6) is 0 Å². The van der Waals surface area contributed by atoms with E-state index >= 15 is 0 Å². The number of carbonyl (C=O) groups excluding carboxylic acids is 1. The highest BCUT2D eigenvalue weighted by atomic mass is 79.9. The summed E-state index contributed by atoms with van der Waals surface area (Å²) >= 11 is 3.32. The first-order valence-corrected chi connectivity index (χ1v) is 7.45. The fourth-order valence-electron chi connectivity index (χ4n) is 2.26. The zero-order valence-corrected chi connectivity index (χ0v) is 12.9. The van der Waals surface area contributed by atoms with E-state index in [9.17, 15) is 4.79 Å². The molecule has 7 heteroatoms. The number of piperazine rings is 1. The molecule has 3 rings (SSSR count). The van der Waals surface area contributed by atoms with Gasteiger partial charge in [-0.1, -0.05) is 0 Å². The second-order valence-corrected chi connectivity index (χ2v) is 5.63. The lowest BCUT2D eigenvalue weighted by Gasteiger charge is -2.34. The highest BCUT2D eigenvalue weighted by Gasteiger charge is 2.23. The van der Waals surface area contributed by atoms with E-state index in [0.717, 1.165) is 17.6 Å². The molecule has 1 amide bonds. The van der Waals surface area contributed by atoms with Crippen LogP contribution in [0.2, 0.25) is 0 Å². The number of nitrogens with zero attached hydrogens (tertiary/aromatic N) is 5. The summed E-state index contributed by atoms with van der Waals surface area (Å²) in [5, 5.41) is 0. The summed E-state index contributed by atoms with van der Waals surface area (Å²) in [6.45, 7) is 2.80. The van der Waals surface area contributed by atoms with Gasteiger partial charge in [0.2, 0.25) is 5.95 Å². The van der Waals surface area contributed by atoms with Crippen molar-refractivity contribution in [1.82, 2.24) is 19.9 Å². The first-order valence-electron chi connectivity index (χ1n) is 6.66. The minimum atomic E-state index is 0.0498. The number of rotatable bonds is 2.